The van der Waals surface area contributed by atoms with Crippen LogP contribution in [0.5, 0.6) is 0 Å². The van der Waals surface area contributed by atoms with E-state index in [1.54, 1.807) is 11.9 Å². The first kappa shape index (κ1) is 7.79. The zero-order valence-electron chi connectivity index (χ0n) is 5.22. The van der Waals surface area contributed by atoms with Gasteiger partial charge in [0.1, 0.15) is 0 Å². The second-order valence-corrected chi connectivity index (χ2v) is 2.09. The molecule has 0 atom stereocenters. The number of hydrogen-bond donors (Lipinski definition) is 1. The third-order valence-electron chi connectivity index (χ3n) is 0.568. The van der Waals surface area contributed by atoms with E-state index in [0.29, 0.717) is 0 Å². The van der Waals surface area contributed by atoms with Crippen LogP contribution in [0.25, 0.3) is 0 Å². The van der Waals surface area contributed by atoms with Crippen molar-refractivity contribution in [2.75, 3.05) is 7.05 Å². The van der Waals surface area contributed by atoms with Crippen LogP contribution in [0.1, 0.15) is 6.92 Å². The largest absolute Gasteiger partial charge is 0.263 e. The summed E-state index contributed by atoms with van der Waals surface area (Å²) >= 11 is 1.57. The first-order valence-corrected chi connectivity index (χ1v) is 3.40. The van der Waals surface area contributed by atoms with Crippen molar-refractivity contribution in [3.63, 3.8) is 0 Å². The molecule has 0 aromatic heterocycles. The fourth-order valence-electron chi connectivity index (χ4n) is 0.264. The molecular weight excluding hydrogens is 118 g/mol. The average Bonchev–Trinajstić information content (AvgIpc) is 1.81. The minimum absolute atomic E-state index is 1.57. The Morgan fingerprint density at radius 2 is 2.12 bits per heavy atom. The molecule has 46 valence electrons. The lowest BCUT2D eigenvalue weighted by molar-refractivity contribution is 1.31. The highest BCUT2D eigenvalue weighted by Gasteiger charge is 1.64. The van der Waals surface area contributed by atoms with Crippen LogP contribution in [0.3, 0.4) is 0 Å². The number of rotatable bonds is 3. The summed E-state index contributed by atoms with van der Waals surface area (Å²) in [7, 11) is 1.89. The molecule has 0 fully saturated rings. The first-order chi connectivity index (χ1) is 3.91. The second kappa shape index (κ2) is 6.79. The van der Waals surface area contributed by atoms with Crippen LogP contribution < -0.4 is 4.72 Å². The van der Waals surface area contributed by atoms with Crippen molar-refractivity contribution in [1.29, 1.82) is 0 Å². The van der Waals surface area contributed by atoms with Crippen LogP contribution in [0.2, 0.25) is 0 Å². The summed E-state index contributed by atoms with van der Waals surface area (Å²) in [5, 5.41) is 1.99. The Balaban J connectivity index is 3.07. The molecule has 0 saturated heterocycles. The van der Waals surface area contributed by atoms with E-state index >= 15 is 0 Å². The van der Waals surface area contributed by atoms with E-state index in [-0.39, 0.29) is 0 Å². The topological polar surface area (TPSA) is 12.0 Å². The second-order valence-electron chi connectivity index (χ2n) is 1.18. The predicted molar refractivity (Wildman–Crippen MR) is 40.6 cm³/mol. The molecule has 0 unspecified atom stereocenters. The smallest absolute Gasteiger partial charge is 0.00533 e. The summed E-state index contributed by atoms with van der Waals surface area (Å²) in [5.74, 6) is 0. The van der Waals surface area contributed by atoms with Gasteiger partial charge in [-0.1, -0.05) is 30.2 Å². The predicted octanol–water partition coefficient (Wildman–Crippen LogP) is 1.94. The van der Waals surface area contributed by atoms with Crippen LogP contribution in [-0.4, -0.2) is 7.05 Å². The molecule has 0 aliphatic heterocycles. The van der Waals surface area contributed by atoms with E-state index in [0.717, 1.165) is 0 Å². The van der Waals surface area contributed by atoms with Crippen molar-refractivity contribution < 1.29 is 0 Å². The molecule has 8 heavy (non-hydrogen) atoms. The van der Waals surface area contributed by atoms with E-state index in [9.17, 15) is 0 Å². The van der Waals surface area contributed by atoms with Crippen LogP contribution in [0.4, 0.5) is 0 Å². The molecule has 0 bridgehead atoms. The lowest BCUT2D eigenvalue weighted by Gasteiger charge is -1.82. The molecule has 0 aromatic rings. The van der Waals surface area contributed by atoms with Crippen LogP contribution in [-0.2, 0) is 0 Å². The van der Waals surface area contributed by atoms with Crippen molar-refractivity contribution in [2.45, 2.75) is 6.92 Å². The van der Waals surface area contributed by atoms with Crippen LogP contribution >= 0.6 is 11.9 Å². The zero-order chi connectivity index (χ0) is 6.24. The third-order valence-corrected chi connectivity index (χ3v) is 1.10. The molecule has 2 heteroatoms. The normalized spacial score (nSPS) is 11.8. The molecule has 0 heterocycles. The van der Waals surface area contributed by atoms with E-state index in [1.165, 1.54) is 0 Å². The molecule has 0 aliphatic carbocycles. The van der Waals surface area contributed by atoms with Crippen molar-refractivity contribution in [2.24, 2.45) is 0 Å². The summed E-state index contributed by atoms with van der Waals surface area (Å²) in [5.41, 5.74) is 0. The minimum atomic E-state index is 1.57. The molecule has 0 radical (unpaired) electrons. The lowest BCUT2D eigenvalue weighted by atomic mass is 10.5. The van der Waals surface area contributed by atoms with Gasteiger partial charge in [-0.15, -0.1) is 0 Å². The molecule has 0 saturated carbocycles. The molecule has 0 spiro atoms. The van der Waals surface area contributed by atoms with E-state index in [4.69, 9.17) is 0 Å². The van der Waals surface area contributed by atoms with Gasteiger partial charge in [-0.25, -0.2) is 0 Å². The van der Waals surface area contributed by atoms with Gasteiger partial charge < -0.3 is 0 Å². The van der Waals surface area contributed by atoms with Crippen molar-refractivity contribution in [3.8, 4) is 0 Å². The van der Waals surface area contributed by atoms with Crippen molar-refractivity contribution in [3.05, 3.63) is 23.6 Å². The molecular formula is C6H11NS. The Bertz CT molecular complexity index is 86.5. The lowest BCUT2D eigenvalue weighted by Crippen LogP contribution is -1.85. The van der Waals surface area contributed by atoms with Gasteiger partial charge >= 0.3 is 0 Å². The SMILES string of the molecule is CC=CC=CSNC. The highest BCUT2D eigenvalue weighted by atomic mass is 32.2. The summed E-state index contributed by atoms with van der Waals surface area (Å²) in [6.45, 7) is 1.99. The highest BCUT2D eigenvalue weighted by molar-refractivity contribution is 8.00. The van der Waals surface area contributed by atoms with Gasteiger partial charge in [-0.3, -0.25) is 4.72 Å². The van der Waals surface area contributed by atoms with Gasteiger partial charge in [0.15, 0.2) is 0 Å². The van der Waals surface area contributed by atoms with Crippen molar-refractivity contribution >= 4 is 11.9 Å². The monoisotopic (exact) mass is 129 g/mol. The number of allylic oxidation sites excluding steroid dienone is 3. The Morgan fingerprint density at radius 1 is 1.38 bits per heavy atom. The first-order valence-electron chi connectivity index (χ1n) is 2.52. The quantitative estimate of drug-likeness (QED) is 0.461. The fourth-order valence-corrected chi connectivity index (χ4v) is 0.569. The van der Waals surface area contributed by atoms with Gasteiger partial charge in [0.2, 0.25) is 0 Å². The number of nitrogens with one attached hydrogen (secondary N) is 1. The Kier molecular flexibility index (Phi) is 6.61. The summed E-state index contributed by atoms with van der Waals surface area (Å²) in [6, 6.07) is 0. The Labute approximate surface area is 55.0 Å². The summed E-state index contributed by atoms with van der Waals surface area (Å²) in [4.78, 5) is 0. The molecule has 0 amide bonds. The van der Waals surface area contributed by atoms with E-state index in [2.05, 4.69) is 4.72 Å². The third kappa shape index (κ3) is 5.79. The number of hydrogen-bond acceptors (Lipinski definition) is 2. The highest BCUT2D eigenvalue weighted by Crippen LogP contribution is 1.91. The minimum Gasteiger partial charge on any atom is -0.263 e. The molecule has 0 rings (SSSR count). The van der Waals surface area contributed by atoms with E-state index in [1.807, 2.05) is 37.6 Å². The zero-order valence-corrected chi connectivity index (χ0v) is 6.03. The Hall–Kier alpha value is -0.210. The molecule has 1 nitrogen and oxygen atoms in total. The molecule has 1 N–H and O–H groups in total. The standard InChI is InChI=1S/C6H11NS/c1-3-4-5-6-8-7-2/h3-7H,1-2H3. The molecule has 0 aliphatic rings. The van der Waals surface area contributed by atoms with Gasteiger partial charge in [-0.05, 0) is 19.4 Å². The molecule has 0 aromatic carbocycles. The fraction of sp³-hybridized carbons (Fsp3) is 0.333. The average molecular weight is 129 g/mol. The van der Waals surface area contributed by atoms with Crippen LogP contribution in [0, 0.1) is 0 Å². The van der Waals surface area contributed by atoms with E-state index < -0.39 is 0 Å². The van der Waals surface area contributed by atoms with Gasteiger partial charge in [-0.2, -0.15) is 0 Å². The maximum absolute atomic E-state index is 2.92. The van der Waals surface area contributed by atoms with Crippen molar-refractivity contribution in [1.82, 2.24) is 4.72 Å². The Morgan fingerprint density at radius 3 is 2.62 bits per heavy atom. The van der Waals surface area contributed by atoms with Gasteiger partial charge in [0, 0.05) is 0 Å². The van der Waals surface area contributed by atoms with Crippen LogP contribution in [0.15, 0.2) is 23.6 Å². The maximum Gasteiger partial charge on any atom is -0.00533 e. The van der Waals surface area contributed by atoms with Gasteiger partial charge in [0.05, 0.1) is 0 Å². The summed E-state index contributed by atoms with van der Waals surface area (Å²) < 4.78 is 2.92. The van der Waals surface area contributed by atoms with Gasteiger partial charge in [0.25, 0.3) is 0 Å². The maximum atomic E-state index is 2.92. The summed E-state index contributed by atoms with van der Waals surface area (Å²) in [6.07, 6.45) is 5.97.